The molecule has 0 radical (unpaired) electrons. The lowest BCUT2D eigenvalue weighted by Gasteiger charge is -1.98. The second kappa shape index (κ2) is 3.76. The van der Waals surface area contributed by atoms with Crippen molar-refractivity contribution in [2.75, 3.05) is 0 Å². The van der Waals surface area contributed by atoms with Crippen molar-refractivity contribution in [3.8, 4) is 0 Å². The number of rotatable bonds is 1. The van der Waals surface area contributed by atoms with E-state index >= 15 is 0 Å². The van der Waals surface area contributed by atoms with Crippen LogP contribution in [0.1, 0.15) is 10.4 Å². The zero-order valence-corrected chi connectivity index (χ0v) is 7.26. The number of carbonyl (C=O) groups excluding carboxylic acids is 1. The van der Waals surface area contributed by atoms with E-state index in [2.05, 4.69) is 4.89 Å². The monoisotopic (exact) mass is 206 g/mol. The van der Waals surface area contributed by atoms with Gasteiger partial charge in [0.25, 0.3) is 0 Å². The van der Waals surface area contributed by atoms with Gasteiger partial charge in [-0.3, -0.25) is 4.89 Å². The molecule has 0 aliphatic carbocycles. The normalized spacial score (nSPS) is 9.58. The highest BCUT2D eigenvalue weighted by molar-refractivity contribution is 6.35. The molecule has 1 aromatic rings. The highest BCUT2D eigenvalue weighted by atomic mass is 35.5. The number of hydrogen-bond acceptors (Lipinski definition) is 3. The van der Waals surface area contributed by atoms with Crippen LogP contribution in [0, 0.1) is 0 Å². The largest absolute Gasteiger partial charge is 0.372 e. The molecule has 0 fully saturated rings. The van der Waals surface area contributed by atoms with Crippen molar-refractivity contribution < 1.29 is 14.9 Å². The molecule has 0 aliphatic rings. The summed E-state index contributed by atoms with van der Waals surface area (Å²) in [6.07, 6.45) is 0. The Morgan fingerprint density at radius 3 is 2.17 bits per heavy atom. The predicted molar refractivity (Wildman–Crippen MR) is 44.5 cm³/mol. The molecule has 0 atom stereocenters. The van der Waals surface area contributed by atoms with Crippen molar-refractivity contribution in [2.24, 2.45) is 0 Å². The summed E-state index contributed by atoms with van der Waals surface area (Å²) in [4.78, 5) is 14.2. The van der Waals surface area contributed by atoms with E-state index in [1.165, 1.54) is 18.2 Å². The van der Waals surface area contributed by atoms with Crippen molar-refractivity contribution in [1.29, 1.82) is 0 Å². The molecule has 0 bridgehead atoms. The molecule has 64 valence electrons. The third-order valence-electron chi connectivity index (χ3n) is 1.18. The van der Waals surface area contributed by atoms with Crippen LogP contribution in [0.15, 0.2) is 18.2 Å². The molecule has 1 rings (SSSR count). The molecule has 0 heterocycles. The maximum Gasteiger partial charge on any atom is 0.372 e. The molecule has 0 amide bonds. The van der Waals surface area contributed by atoms with Crippen LogP contribution in [0.25, 0.3) is 0 Å². The van der Waals surface area contributed by atoms with Crippen LogP contribution in [0.2, 0.25) is 10.0 Å². The Morgan fingerprint density at radius 2 is 1.75 bits per heavy atom. The maximum atomic E-state index is 10.7. The van der Waals surface area contributed by atoms with Crippen molar-refractivity contribution in [1.82, 2.24) is 0 Å². The number of hydrogen-bond donors (Lipinski definition) is 1. The van der Waals surface area contributed by atoms with Crippen molar-refractivity contribution >= 4 is 29.2 Å². The molecule has 0 aliphatic heterocycles. The van der Waals surface area contributed by atoms with Gasteiger partial charge in [0.1, 0.15) is 0 Å². The summed E-state index contributed by atoms with van der Waals surface area (Å²) in [6, 6.07) is 4.15. The lowest BCUT2D eigenvalue weighted by Crippen LogP contribution is -2.00. The summed E-state index contributed by atoms with van der Waals surface area (Å²) in [6.45, 7) is 0. The third-order valence-corrected chi connectivity index (χ3v) is 1.62. The first-order chi connectivity index (χ1) is 5.63. The Labute approximate surface area is 78.4 Å². The quantitative estimate of drug-likeness (QED) is 0.568. The highest BCUT2D eigenvalue weighted by Crippen LogP contribution is 2.19. The molecule has 0 spiro atoms. The van der Waals surface area contributed by atoms with Crippen molar-refractivity contribution in [3.05, 3.63) is 33.8 Å². The molecule has 0 saturated carbocycles. The summed E-state index contributed by atoms with van der Waals surface area (Å²) >= 11 is 11.2. The number of halogens is 2. The van der Waals surface area contributed by atoms with Gasteiger partial charge in [-0.2, -0.15) is 5.26 Å². The summed E-state index contributed by atoms with van der Waals surface area (Å²) in [5.74, 6) is -0.889. The van der Waals surface area contributed by atoms with Gasteiger partial charge in [-0.15, -0.1) is 0 Å². The van der Waals surface area contributed by atoms with Gasteiger partial charge < -0.3 is 0 Å². The van der Waals surface area contributed by atoms with E-state index in [0.717, 1.165) is 0 Å². The first-order valence-electron chi connectivity index (χ1n) is 2.95. The lowest BCUT2D eigenvalue weighted by atomic mass is 10.2. The van der Waals surface area contributed by atoms with E-state index in [4.69, 9.17) is 28.5 Å². The van der Waals surface area contributed by atoms with Gasteiger partial charge in [-0.05, 0) is 18.2 Å². The molecule has 1 N–H and O–H groups in total. The van der Waals surface area contributed by atoms with E-state index < -0.39 is 5.97 Å². The first-order valence-corrected chi connectivity index (χ1v) is 3.71. The Bertz CT molecular complexity index is 291. The van der Waals surface area contributed by atoms with E-state index in [0.29, 0.717) is 10.0 Å². The van der Waals surface area contributed by atoms with Gasteiger partial charge in [0, 0.05) is 10.0 Å². The van der Waals surface area contributed by atoms with E-state index in [9.17, 15) is 4.79 Å². The fourth-order valence-corrected chi connectivity index (χ4v) is 1.25. The van der Waals surface area contributed by atoms with Crippen LogP contribution in [0.5, 0.6) is 0 Å². The molecule has 1 aromatic carbocycles. The fraction of sp³-hybridized carbons (Fsp3) is 0. The molecule has 0 unspecified atom stereocenters. The first kappa shape index (κ1) is 9.32. The van der Waals surface area contributed by atoms with Crippen LogP contribution in [-0.2, 0) is 4.89 Å². The minimum atomic E-state index is -0.889. The van der Waals surface area contributed by atoms with E-state index in [1.54, 1.807) is 0 Å². The van der Waals surface area contributed by atoms with Gasteiger partial charge in [0.2, 0.25) is 0 Å². The molecular formula is C7H4Cl2O3. The standard InChI is InChI=1S/C7H4Cl2O3/c8-5-1-4(7(10)12-11)2-6(9)3-5/h1-3,11H. The zero-order chi connectivity index (χ0) is 9.14. The SMILES string of the molecule is O=C(OO)c1cc(Cl)cc(Cl)c1. The topological polar surface area (TPSA) is 46.5 Å². The average Bonchev–Trinajstić information content (AvgIpc) is 2.01. The minimum Gasteiger partial charge on any atom is -0.296 e. The molecule has 12 heavy (non-hydrogen) atoms. The Kier molecular flexibility index (Phi) is 2.92. The van der Waals surface area contributed by atoms with Gasteiger partial charge in [0.15, 0.2) is 0 Å². The second-order valence-corrected chi connectivity index (χ2v) is 2.91. The van der Waals surface area contributed by atoms with Crippen LogP contribution in [0.3, 0.4) is 0 Å². The van der Waals surface area contributed by atoms with E-state index in [1.807, 2.05) is 0 Å². The van der Waals surface area contributed by atoms with E-state index in [-0.39, 0.29) is 5.56 Å². The second-order valence-electron chi connectivity index (χ2n) is 2.04. The summed E-state index contributed by atoms with van der Waals surface area (Å²) in [5, 5.41) is 8.65. The van der Waals surface area contributed by atoms with Crippen LogP contribution in [0.4, 0.5) is 0 Å². The summed E-state index contributed by atoms with van der Waals surface area (Å²) in [7, 11) is 0. The Morgan fingerprint density at radius 1 is 1.25 bits per heavy atom. The van der Waals surface area contributed by atoms with Crippen molar-refractivity contribution in [2.45, 2.75) is 0 Å². The minimum absolute atomic E-state index is 0.106. The summed E-state index contributed by atoms with van der Waals surface area (Å²) in [5.41, 5.74) is 0.106. The predicted octanol–water partition coefficient (Wildman–Crippen LogP) is 2.62. The van der Waals surface area contributed by atoms with Gasteiger partial charge in [-0.1, -0.05) is 23.2 Å². The van der Waals surface area contributed by atoms with Crippen LogP contribution < -0.4 is 0 Å². The molecule has 0 saturated heterocycles. The number of benzene rings is 1. The van der Waals surface area contributed by atoms with Crippen LogP contribution >= 0.6 is 23.2 Å². The van der Waals surface area contributed by atoms with Crippen molar-refractivity contribution in [3.63, 3.8) is 0 Å². The smallest absolute Gasteiger partial charge is 0.296 e. The number of carbonyl (C=O) groups is 1. The van der Waals surface area contributed by atoms with Gasteiger partial charge in [0.05, 0.1) is 5.56 Å². The van der Waals surface area contributed by atoms with Gasteiger partial charge in [-0.25, -0.2) is 4.79 Å². The molecule has 5 heteroatoms. The molecule has 3 nitrogen and oxygen atoms in total. The Balaban J connectivity index is 3.08. The lowest BCUT2D eigenvalue weighted by molar-refractivity contribution is -0.182. The van der Waals surface area contributed by atoms with Crippen LogP contribution in [-0.4, -0.2) is 11.2 Å². The summed E-state index contributed by atoms with van der Waals surface area (Å²) < 4.78 is 0. The average molecular weight is 207 g/mol. The third kappa shape index (κ3) is 2.11. The fourth-order valence-electron chi connectivity index (χ4n) is 0.724. The zero-order valence-electron chi connectivity index (χ0n) is 5.75. The maximum absolute atomic E-state index is 10.7. The molecule has 0 aromatic heterocycles. The van der Waals surface area contributed by atoms with Gasteiger partial charge >= 0.3 is 5.97 Å². The highest BCUT2D eigenvalue weighted by Gasteiger charge is 2.08. The Hall–Kier alpha value is -0.770. The molecular weight excluding hydrogens is 203 g/mol.